The normalized spacial score (nSPS) is 11.2. The largest absolute Gasteiger partial charge is 0.494 e. The molecule has 35 heavy (non-hydrogen) atoms. The van der Waals surface area contributed by atoms with E-state index in [2.05, 4.69) is 15.0 Å². The zero-order valence-electron chi connectivity index (χ0n) is 18.6. The number of rotatable bonds is 7. The number of benzene rings is 2. The molecule has 5 rings (SSSR count). The molecule has 5 aromatic rings. The number of nitrogens with zero attached hydrogens (tertiary/aromatic N) is 2. The van der Waals surface area contributed by atoms with Crippen LogP contribution >= 0.6 is 11.3 Å². The van der Waals surface area contributed by atoms with E-state index >= 15 is 0 Å². The number of aromatic amines is 1. The van der Waals surface area contributed by atoms with Gasteiger partial charge in [0.1, 0.15) is 23.0 Å². The highest BCUT2D eigenvalue weighted by molar-refractivity contribution is 7.17. The van der Waals surface area contributed by atoms with Gasteiger partial charge in [0.05, 0.1) is 30.7 Å². The van der Waals surface area contributed by atoms with Crippen LogP contribution in [0.15, 0.2) is 60.1 Å². The zero-order chi connectivity index (χ0) is 24.5. The molecule has 0 saturated carbocycles. The lowest BCUT2D eigenvalue weighted by atomic mass is 10.0. The second-order valence-corrected chi connectivity index (χ2v) is 8.66. The highest BCUT2D eigenvalue weighted by atomic mass is 32.1. The summed E-state index contributed by atoms with van der Waals surface area (Å²) in [6, 6.07) is 13.3. The molecule has 3 aromatic heterocycles. The number of H-pyrrole nitrogens is 1. The van der Waals surface area contributed by atoms with E-state index in [9.17, 15) is 19.4 Å². The first-order valence-electron chi connectivity index (χ1n) is 10.7. The molecule has 0 bridgehead atoms. The molecule has 3 N–H and O–H groups in total. The fourth-order valence-corrected chi connectivity index (χ4v) is 4.89. The fourth-order valence-electron chi connectivity index (χ4n) is 3.93. The molecule has 7 nitrogen and oxygen atoms in total. The van der Waals surface area contributed by atoms with Gasteiger partial charge in [-0.15, -0.1) is 11.3 Å². The first-order chi connectivity index (χ1) is 17.0. The van der Waals surface area contributed by atoms with Gasteiger partial charge in [-0.1, -0.05) is 24.3 Å². The van der Waals surface area contributed by atoms with Crippen molar-refractivity contribution in [1.29, 1.82) is 0 Å². The monoisotopic (exact) mass is 489 g/mol. The lowest BCUT2D eigenvalue weighted by molar-refractivity contribution is 0.102. The molecule has 0 aliphatic rings. The highest BCUT2D eigenvalue weighted by Crippen LogP contribution is 2.38. The quantitative estimate of drug-likeness (QED) is 0.286. The Morgan fingerprint density at radius 1 is 1.09 bits per heavy atom. The molecule has 0 atom stereocenters. The molecule has 2 aromatic carbocycles. The Hall–Kier alpha value is -3.92. The standard InChI is InChI=1S/C26H20FN3O4S/c1-34-22-8-7-20(29-23(22)18-13-35-25-17(18)3-2-4-19(25)27)24(33)26-28-10-21(30-26)14-5-6-15(11-31)16(9-14)12-32/h2-10,13,31-32H,11-12H2,1H3,(H,28,30). The van der Waals surface area contributed by atoms with Gasteiger partial charge in [-0.2, -0.15) is 0 Å². The minimum atomic E-state index is -0.416. The number of aromatic nitrogens is 3. The molecule has 0 fully saturated rings. The van der Waals surface area contributed by atoms with Crippen molar-refractivity contribution in [2.45, 2.75) is 13.2 Å². The maximum Gasteiger partial charge on any atom is 0.246 e. The predicted octanol–water partition coefficient (Wildman–Crippen LogP) is 4.72. The minimum absolute atomic E-state index is 0.0987. The van der Waals surface area contributed by atoms with Crippen molar-refractivity contribution in [3.05, 3.63) is 88.6 Å². The molecule has 0 saturated heterocycles. The number of carbonyl (C=O) groups is 1. The Kier molecular flexibility index (Phi) is 6.12. The van der Waals surface area contributed by atoms with Gasteiger partial charge in [0, 0.05) is 28.1 Å². The number of ether oxygens (including phenoxy) is 1. The third-order valence-corrected chi connectivity index (χ3v) is 6.76. The number of aliphatic hydroxyl groups is 2. The number of fused-ring (bicyclic) bond motifs is 1. The topological polar surface area (TPSA) is 108 Å². The smallest absolute Gasteiger partial charge is 0.246 e. The van der Waals surface area contributed by atoms with Gasteiger partial charge in [0.2, 0.25) is 5.78 Å². The summed E-state index contributed by atoms with van der Waals surface area (Å²) in [5.74, 6) is -0.169. The van der Waals surface area contributed by atoms with E-state index in [0.717, 1.165) is 0 Å². The van der Waals surface area contributed by atoms with Crippen molar-refractivity contribution in [2.24, 2.45) is 0 Å². The van der Waals surface area contributed by atoms with E-state index in [0.29, 0.717) is 49.5 Å². The predicted molar refractivity (Wildman–Crippen MR) is 131 cm³/mol. The molecule has 3 heterocycles. The maximum absolute atomic E-state index is 14.2. The summed E-state index contributed by atoms with van der Waals surface area (Å²) >= 11 is 1.26. The first-order valence-corrected chi connectivity index (χ1v) is 11.6. The summed E-state index contributed by atoms with van der Waals surface area (Å²) in [5, 5.41) is 21.5. The highest BCUT2D eigenvalue weighted by Gasteiger charge is 2.21. The van der Waals surface area contributed by atoms with Gasteiger partial charge in [0.25, 0.3) is 0 Å². The van der Waals surface area contributed by atoms with E-state index in [1.165, 1.54) is 24.5 Å². The summed E-state index contributed by atoms with van der Waals surface area (Å²) in [6.07, 6.45) is 1.60. The van der Waals surface area contributed by atoms with Crippen LogP contribution in [0.3, 0.4) is 0 Å². The second kappa shape index (κ2) is 9.38. The number of ketones is 1. The molecule has 0 aliphatic heterocycles. The van der Waals surface area contributed by atoms with Crippen LogP contribution in [0.4, 0.5) is 4.39 Å². The minimum Gasteiger partial charge on any atom is -0.494 e. The average molecular weight is 490 g/mol. The third kappa shape index (κ3) is 4.10. The van der Waals surface area contributed by atoms with Crippen LogP contribution in [-0.2, 0) is 13.2 Å². The summed E-state index contributed by atoms with van der Waals surface area (Å²) in [7, 11) is 1.51. The van der Waals surface area contributed by atoms with E-state index in [1.807, 2.05) is 0 Å². The Labute approximate surface area is 203 Å². The van der Waals surface area contributed by atoms with Crippen molar-refractivity contribution in [1.82, 2.24) is 15.0 Å². The van der Waals surface area contributed by atoms with Gasteiger partial charge in [-0.05, 0) is 35.4 Å². The number of imidazole rings is 1. The van der Waals surface area contributed by atoms with Crippen molar-refractivity contribution in [3.63, 3.8) is 0 Å². The number of thiophene rings is 1. The Morgan fingerprint density at radius 3 is 2.69 bits per heavy atom. The lowest BCUT2D eigenvalue weighted by Gasteiger charge is -2.09. The summed E-state index contributed by atoms with van der Waals surface area (Å²) in [5.41, 5.74) is 3.69. The second-order valence-electron chi connectivity index (χ2n) is 7.78. The van der Waals surface area contributed by atoms with Crippen LogP contribution < -0.4 is 4.74 Å². The SMILES string of the molecule is COc1ccc(C(=O)c2nc(-c3ccc(CO)c(CO)c3)c[nH]2)nc1-c1csc2c(F)cccc12. The molecule has 0 aliphatic carbocycles. The van der Waals surface area contributed by atoms with Crippen LogP contribution in [0.2, 0.25) is 0 Å². The lowest BCUT2D eigenvalue weighted by Crippen LogP contribution is -2.07. The molecule has 0 unspecified atom stereocenters. The van der Waals surface area contributed by atoms with E-state index in [-0.39, 0.29) is 30.5 Å². The van der Waals surface area contributed by atoms with Crippen LogP contribution in [0.1, 0.15) is 27.4 Å². The zero-order valence-corrected chi connectivity index (χ0v) is 19.4. The van der Waals surface area contributed by atoms with Crippen molar-refractivity contribution >= 4 is 27.2 Å². The van der Waals surface area contributed by atoms with Crippen LogP contribution in [0.25, 0.3) is 32.6 Å². The van der Waals surface area contributed by atoms with Crippen LogP contribution in [0.5, 0.6) is 5.75 Å². The summed E-state index contributed by atoms with van der Waals surface area (Å²) in [4.78, 5) is 25.1. The Bertz CT molecular complexity index is 1560. The molecule has 0 spiro atoms. The number of hydrogen-bond acceptors (Lipinski definition) is 7. The number of hydrogen-bond donors (Lipinski definition) is 3. The van der Waals surface area contributed by atoms with Gasteiger partial charge in [-0.25, -0.2) is 14.4 Å². The molecular formula is C26H20FN3O4S. The molecule has 0 amide bonds. The first kappa shape index (κ1) is 22.9. The average Bonchev–Trinajstić information content (AvgIpc) is 3.56. The van der Waals surface area contributed by atoms with E-state index in [1.54, 1.807) is 54.0 Å². The van der Waals surface area contributed by atoms with E-state index in [4.69, 9.17) is 4.74 Å². The summed E-state index contributed by atoms with van der Waals surface area (Å²) in [6.45, 7) is -0.405. The number of aliphatic hydroxyl groups excluding tert-OH is 2. The Morgan fingerprint density at radius 2 is 1.91 bits per heavy atom. The van der Waals surface area contributed by atoms with Crippen LogP contribution in [-0.4, -0.2) is 38.1 Å². The molecule has 0 radical (unpaired) electrons. The summed E-state index contributed by atoms with van der Waals surface area (Å²) < 4.78 is 20.2. The van der Waals surface area contributed by atoms with Crippen molar-refractivity contribution in [3.8, 4) is 28.3 Å². The van der Waals surface area contributed by atoms with Gasteiger partial charge >= 0.3 is 0 Å². The van der Waals surface area contributed by atoms with Gasteiger partial charge < -0.3 is 19.9 Å². The van der Waals surface area contributed by atoms with Crippen molar-refractivity contribution < 1.29 is 24.1 Å². The fraction of sp³-hybridized carbons (Fsp3) is 0.115. The van der Waals surface area contributed by atoms with Crippen LogP contribution in [0, 0.1) is 5.82 Å². The van der Waals surface area contributed by atoms with Crippen molar-refractivity contribution in [2.75, 3.05) is 7.11 Å². The molecular weight excluding hydrogens is 469 g/mol. The number of pyridine rings is 1. The molecule has 176 valence electrons. The van der Waals surface area contributed by atoms with Gasteiger partial charge in [-0.3, -0.25) is 4.79 Å². The molecule has 9 heteroatoms. The number of nitrogens with one attached hydrogen (secondary N) is 1. The number of carbonyl (C=O) groups excluding carboxylic acids is 1. The maximum atomic E-state index is 14.2. The number of halogens is 1. The third-order valence-electron chi connectivity index (χ3n) is 5.75. The number of methoxy groups -OCH3 is 1. The Balaban J connectivity index is 1.51. The van der Waals surface area contributed by atoms with E-state index < -0.39 is 5.78 Å². The van der Waals surface area contributed by atoms with Gasteiger partial charge in [0.15, 0.2) is 5.82 Å².